The second kappa shape index (κ2) is 3.72. The first-order valence-electron chi connectivity index (χ1n) is 5.93. The molecular weight excluding hydrogens is 221 g/mol. The molecule has 2 fully saturated rings. The fourth-order valence-electron chi connectivity index (χ4n) is 3.31. The van der Waals surface area contributed by atoms with Crippen molar-refractivity contribution in [2.24, 2.45) is 5.92 Å². The van der Waals surface area contributed by atoms with Crippen LogP contribution in [0.3, 0.4) is 0 Å². The number of carboxylic acid groups (broad SMARTS) is 1. The highest BCUT2D eigenvalue weighted by Crippen LogP contribution is 2.44. The Hall–Kier alpha value is -1.58. The lowest BCUT2D eigenvalue weighted by Gasteiger charge is -2.34. The lowest BCUT2D eigenvalue weighted by molar-refractivity contribution is -0.139. The molecule has 4 heteroatoms. The molecule has 1 aromatic rings. The minimum Gasteiger partial charge on any atom is -0.480 e. The number of anilines is 1. The van der Waals surface area contributed by atoms with Gasteiger partial charge >= 0.3 is 5.97 Å². The van der Waals surface area contributed by atoms with E-state index in [4.69, 9.17) is 0 Å². The van der Waals surface area contributed by atoms with E-state index in [1.54, 1.807) is 12.1 Å². The van der Waals surface area contributed by atoms with Crippen LogP contribution in [0.2, 0.25) is 0 Å². The zero-order valence-electron chi connectivity index (χ0n) is 9.34. The first-order valence-corrected chi connectivity index (χ1v) is 5.93. The molecule has 0 amide bonds. The fraction of sp³-hybridized carbons (Fsp3) is 0.462. The number of carboxylic acids is 1. The Kier molecular flexibility index (Phi) is 2.31. The van der Waals surface area contributed by atoms with Crippen LogP contribution in [0.5, 0.6) is 0 Å². The molecule has 2 bridgehead atoms. The van der Waals surface area contributed by atoms with E-state index >= 15 is 0 Å². The Bertz CT molecular complexity index is 462. The van der Waals surface area contributed by atoms with Crippen LogP contribution in [0.1, 0.15) is 19.3 Å². The van der Waals surface area contributed by atoms with Gasteiger partial charge in [0.1, 0.15) is 11.9 Å². The zero-order valence-corrected chi connectivity index (χ0v) is 9.34. The number of hydrogen-bond acceptors (Lipinski definition) is 2. The maximum atomic E-state index is 13.2. The van der Waals surface area contributed by atoms with E-state index in [0.29, 0.717) is 5.69 Å². The fourth-order valence-corrected chi connectivity index (χ4v) is 3.31. The quantitative estimate of drug-likeness (QED) is 0.854. The smallest absolute Gasteiger partial charge is 0.326 e. The number of piperidine rings is 1. The average Bonchev–Trinajstić information content (AvgIpc) is 2.88. The number of benzene rings is 1. The normalized spacial score (nSPS) is 30.9. The lowest BCUT2D eigenvalue weighted by Crippen LogP contribution is -2.46. The van der Waals surface area contributed by atoms with Gasteiger partial charge in [0.2, 0.25) is 0 Å². The molecule has 3 rings (SSSR count). The number of fused-ring (bicyclic) bond motifs is 2. The van der Waals surface area contributed by atoms with Crippen LogP contribution in [0, 0.1) is 11.7 Å². The van der Waals surface area contributed by atoms with E-state index in [9.17, 15) is 14.3 Å². The van der Waals surface area contributed by atoms with Crippen molar-refractivity contribution < 1.29 is 14.3 Å². The molecule has 90 valence electrons. The van der Waals surface area contributed by atoms with Gasteiger partial charge in [-0.2, -0.15) is 0 Å². The summed E-state index contributed by atoms with van der Waals surface area (Å²) in [6.07, 6.45) is 2.92. The Balaban J connectivity index is 1.98. The molecule has 17 heavy (non-hydrogen) atoms. The predicted octanol–water partition coefficient (Wildman–Crippen LogP) is 2.27. The number of aliphatic carboxylic acids is 1. The molecule has 1 aliphatic heterocycles. The molecule has 0 radical (unpaired) electrons. The van der Waals surface area contributed by atoms with Crippen molar-refractivity contribution in [3.05, 3.63) is 30.1 Å². The second-order valence-corrected chi connectivity index (χ2v) is 4.90. The van der Waals surface area contributed by atoms with Crippen molar-refractivity contribution in [1.82, 2.24) is 0 Å². The molecular formula is C13H14FNO2. The van der Waals surface area contributed by atoms with E-state index in [1.165, 1.54) is 12.1 Å². The third-order valence-electron chi connectivity index (χ3n) is 3.94. The van der Waals surface area contributed by atoms with Crippen molar-refractivity contribution in [2.45, 2.75) is 31.3 Å². The molecule has 1 aromatic carbocycles. The second-order valence-electron chi connectivity index (χ2n) is 4.90. The van der Waals surface area contributed by atoms with E-state index in [2.05, 4.69) is 0 Å². The van der Waals surface area contributed by atoms with Crippen LogP contribution >= 0.6 is 0 Å². The summed E-state index contributed by atoms with van der Waals surface area (Å²) in [6, 6.07) is 6.03. The lowest BCUT2D eigenvalue weighted by atomic mass is 9.98. The van der Waals surface area contributed by atoms with Gasteiger partial charge in [0, 0.05) is 11.7 Å². The maximum Gasteiger partial charge on any atom is 0.326 e. The van der Waals surface area contributed by atoms with Crippen LogP contribution in [0.25, 0.3) is 0 Å². The molecule has 1 saturated carbocycles. The van der Waals surface area contributed by atoms with E-state index in [0.717, 1.165) is 19.3 Å². The summed E-state index contributed by atoms with van der Waals surface area (Å²) in [5, 5.41) is 9.30. The van der Waals surface area contributed by atoms with Crippen LogP contribution in [-0.2, 0) is 4.79 Å². The van der Waals surface area contributed by atoms with Crippen LogP contribution in [-0.4, -0.2) is 23.2 Å². The van der Waals surface area contributed by atoms with E-state index < -0.39 is 12.0 Å². The molecule has 1 N–H and O–H groups in total. The van der Waals surface area contributed by atoms with Crippen molar-refractivity contribution in [1.29, 1.82) is 0 Å². The largest absolute Gasteiger partial charge is 0.480 e. The zero-order chi connectivity index (χ0) is 12.0. The van der Waals surface area contributed by atoms with Crippen molar-refractivity contribution in [2.75, 3.05) is 4.90 Å². The molecule has 3 atom stereocenters. The van der Waals surface area contributed by atoms with Crippen LogP contribution in [0.15, 0.2) is 24.3 Å². The average molecular weight is 235 g/mol. The Morgan fingerprint density at radius 2 is 2.24 bits per heavy atom. The summed E-state index contributed by atoms with van der Waals surface area (Å²) >= 11 is 0. The Morgan fingerprint density at radius 1 is 1.41 bits per heavy atom. The number of rotatable bonds is 2. The molecule has 1 heterocycles. The van der Waals surface area contributed by atoms with Gasteiger partial charge in [-0.3, -0.25) is 0 Å². The van der Waals surface area contributed by atoms with E-state index in [-0.39, 0.29) is 17.8 Å². The molecule has 3 nitrogen and oxygen atoms in total. The minimum absolute atomic E-state index is 0.223. The highest BCUT2D eigenvalue weighted by atomic mass is 19.1. The van der Waals surface area contributed by atoms with Crippen molar-refractivity contribution >= 4 is 11.7 Å². The molecule has 1 aliphatic carbocycles. The summed E-state index contributed by atoms with van der Waals surface area (Å²) in [5.41, 5.74) is 0.699. The standard InChI is InChI=1S/C13H14FNO2/c14-9-2-1-3-10(7-9)15-11-5-4-8(6-11)12(15)13(16)17/h1-3,7-8,11-12H,4-6H2,(H,16,17). The van der Waals surface area contributed by atoms with Gasteiger partial charge in [-0.05, 0) is 43.4 Å². The number of nitrogens with zero attached hydrogens (tertiary/aromatic N) is 1. The molecule has 2 aliphatic rings. The molecule has 3 unspecified atom stereocenters. The van der Waals surface area contributed by atoms with Gasteiger partial charge in [0.15, 0.2) is 0 Å². The third-order valence-corrected chi connectivity index (χ3v) is 3.94. The van der Waals surface area contributed by atoms with Gasteiger partial charge < -0.3 is 10.0 Å². The molecule has 0 aromatic heterocycles. The van der Waals surface area contributed by atoms with Gasteiger partial charge in [0.25, 0.3) is 0 Å². The number of carbonyl (C=O) groups is 1. The maximum absolute atomic E-state index is 13.2. The number of hydrogen-bond donors (Lipinski definition) is 1. The van der Waals surface area contributed by atoms with Crippen LogP contribution in [0.4, 0.5) is 10.1 Å². The van der Waals surface area contributed by atoms with Gasteiger partial charge in [-0.15, -0.1) is 0 Å². The molecule has 0 spiro atoms. The highest BCUT2D eigenvalue weighted by Gasteiger charge is 2.49. The van der Waals surface area contributed by atoms with Gasteiger partial charge in [0.05, 0.1) is 0 Å². The SMILES string of the molecule is O=C(O)C1C2CCC(C2)N1c1cccc(F)c1. The Morgan fingerprint density at radius 3 is 2.94 bits per heavy atom. The van der Waals surface area contributed by atoms with Gasteiger partial charge in [-0.1, -0.05) is 6.07 Å². The van der Waals surface area contributed by atoms with E-state index in [1.807, 2.05) is 4.90 Å². The summed E-state index contributed by atoms with van der Waals surface area (Å²) in [5.74, 6) is -0.878. The summed E-state index contributed by atoms with van der Waals surface area (Å²) in [6.45, 7) is 0. The summed E-state index contributed by atoms with van der Waals surface area (Å²) in [4.78, 5) is 13.2. The first kappa shape index (κ1) is 10.6. The number of halogens is 1. The molecule has 1 saturated heterocycles. The summed E-state index contributed by atoms with van der Waals surface area (Å²) in [7, 11) is 0. The Labute approximate surface area is 98.9 Å². The van der Waals surface area contributed by atoms with Crippen LogP contribution < -0.4 is 4.90 Å². The first-order chi connectivity index (χ1) is 8.16. The minimum atomic E-state index is -0.790. The van der Waals surface area contributed by atoms with Crippen molar-refractivity contribution in [3.8, 4) is 0 Å². The topological polar surface area (TPSA) is 40.5 Å². The monoisotopic (exact) mass is 235 g/mol. The predicted molar refractivity (Wildman–Crippen MR) is 61.4 cm³/mol. The van der Waals surface area contributed by atoms with Gasteiger partial charge in [-0.25, -0.2) is 9.18 Å². The van der Waals surface area contributed by atoms with Crippen molar-refractivity contribution in [3.63, 3.8) is 0 Å². The highest BCUT2D eigenvalue weighted by molar-refractivity contribution is 5.80. The summed E-state index contributed by atoms with van der Waals surface area (Å²) < 4.78 is 13.2. The third kappa shape index (κ3) is 1.59.